The average molecular weight is 552 g/mol. The van der Waals surface area contributed by atoms with Gasteiger partial charge in [-0.05, 0) is 76.5 Å². The number of nitrogens with zero attached hydrogens (tertiary/aromatic N) is 3. The topological polar surface area (TPSA) is 96.0 Å². The average Bonchev–Trinajstić information content (AvgIpc) is 3.35. The summed E-state index contributed by atoms with van der Waals surface area (Å²) in [6.45, 7) is 2.51. The maximum absolute atomic E-state index is 13.1. The summed E-state index contributed by atoms with van der Waals surface area (Å²) < 4.78 is 14.7. The molecule has 0 saturated carbocycles. The quantitative estimate of drug-likeness (QED) is 0.206. The van der Waals surface area contributed by atoms with Crippen molar-refractivity contribution in [2.75, 3.05) is 6.61 Å². The summed E-state index contributed by atoms with van der Waals surface area (Å²) in [6.07, 6.45) is 1.81. The van der Waals surface area contributed by atoms with Crippen molar-refractivity contribution >= 4 is 55.0 Å². The standard InChI is InChI=1S/C25H18BrN3O5S/c1-2-33-21-12-16(11-18(26)23(21)34-14-15-7-9-17(10-8-15)29(31)32)13-22-24(30)28-20-6-4-3-5-19(20)27-25(28)35-22/h3-13H,2,14H2,1H3/b22-13-. The van der Waals surface area contributed by atoms with E-state index in [-0.39, 0.29) is 17.9 Å². The minimum atomic E-state index is -0.440. The second-order valence-electron chi connectivity index (χ2n) is 7.61. The number of para-hydroxylation sites is 2. The van der Waals surface area contributed by atoms with Gasteiger partial charge in [-0.1, -0.05) is 23.5 Å². The lowest BCUT2D eigenvalue weighted by Crippen LogP contribution is -2.22. The molecule has 0 fully saturated rings. The van der Waals surface area contributed by atoms with Crippen LogP contribution in [0.25, 0.3) is 22.1 Å². The Morgan fingerprint density at radius 1 is 1.14 bits per heavy atom. The van der Waals surface area contributed by atoms with Crippen LogP contribution < -0.4 is 19.6 Å². The maximum atomic E-state index is 13.1. The number of rotatable bonds is 7. The number of nitro groups is 1. The van der Waals surface area contributed by atoms with Gasteiger partial charge in [-0.3, -0.25) is 14.9 Å². The van der Waals surface area contributed by atoms with E-state index in [1.54, 1.807) is 16.5 Å². The van der Waals surface area contributed by atoms with E-state index < -0.39 is 4.92 Å². The van der Waals surface area contributed by atoms with E-state index >= 15 is 0 Å². The fourth-order valence-corrected chi connectivity index (χ4v) is 5.27. The molecule has 0 spiro atoms. The Balaban J connectivity index is 1.48. The molecule has 0 radical (unpaired) electrons. The molecule has 0 aliphatic carbocycles. The maximum Gasteiger partial charge on any atom is 0.274 e. The van der Waals surface area contributed by atoms with Crippen molar-refractivity contribution in [3.05, 3.63) is 101 Å². The molecule has 8 nitrogen and oxygen atoms in total. The van der Waals surface area contributed by atoms with Gasteiger partial charge in [0, 0.05) is 12.1 Å². The van der Waals surface area contributed by atoms with Crippen LogP contribution >= 0.6 is 27.3 Å². The highest BCUT2D eigenvalue weighted by Crippen LogP contribution is 2.37. The third-order valence-corrected chi connectivity index (χ3v) is 6.86. The monoisotopic (exact) mass is 551 g/mol. The molecular formula is C25H18BrN3O5S. The van der Waals surface area contributed by atoms with Crippen molar-refractivity contribution < 1.29 is 14.4 Å². The van der Waals surface area contributed by atoms with E-state index in [0.717, 1.165) is 22.2 Å². The normalized spacial score (nSPS) is 11.9. The molecule has 35 heavy (non-hydrogen) atoms. The van der Waals surface area contributed by atoms with Crippen molar-refractivity contribution in [1.29, 1.82) is 0 Å². The molecule has 3 aromatic carbocycles. The van der Waals surface area contributed by atoms with Crippen LogP contribution in [0.15, 0.2) is 69.9 Å². The predicted octanol–water partition coefficient (Wildman–Crippen LogP) is 5.11. The van der Waals surface area contributed by atoms with E-state index in [1.165, 1.54) is 23.5 Å². The zero-order valence-corrected chi connectivity index (χ0v) is 20.8. The summed E-state index contributed by atoms with van der Waals surface area (Å²) in [7, 11) is 0. The van der Waals surface area contributed by atoms with Crippen LogP contribution in [0, 0.1) is 10.1 Å². The summed E-state index contributed by atoms with van der Waals surface area (Å²) in [6, 6.07) is 17.4. The highest BCUT2D eigenvalue weighted by molar-refractivity contribution is 9.10. The second-order valence-corrected chi connectivity index (χ2v) is 9.47. The van der Waals surface area contributed by atoms with Gasteiger partial charge in [0.1, 0.15) is 6.61 Å². The van der Waals surface area contributed by atoms with E-state index in [9.17, 15) is 14.9 Å². The van der Waals surface area contributed by atoms with Crippen LogP contribution in [-0.4, -0.2) is 20.9 Å². The zero-order valence-electron chi connectivity index (χ0n) is 18.4. The molecule has 0 aliphatic heterocycles. The first-order chi connectivity index (χ1) is 16.9. The van der Waals surface area contributed by atoms with Gasteiger partial charge in [-0.2, -0.15) is 0 Å². The number of aromatic nitrogens is 2. The van der Waals surface area contributed by atoms with Crippen molar-refractivity contribution in [2.45, 2.75) is 13.5 Å². The van der Waals surface area contributed by atoms with Gasteiger partial charge < -0.3 is 9.47 Å². The molecule has 0 N–H and O–H groups in total. The number of halogens is 1. The molecule has 2 heterocycles. The Hall–Kier alpha value is -3.76. The second kappa shape index (κ2) is 9.47. The van der Waals surface area contributed by atoms with Crippen LogP contribution in [0.5, 0.6) is 11.5 Å². The van der Waals surface area contributed by atoms with E-state index in [1.807, 2.05) is 49.4 Å². The number of fused-ring (bicyclic) bond motifs is 3. The van der Waals surface area contributed by atoms with Gasteiger partial charge in [0.2, 0.25) is 0 Å². The highest BCUT2D eigenvalue weighted by atomic mass is 79.9. The number of hydrogen-bond donors (Lipinski definition) is 0. The first kappa shape index (κ1) is 23.0. The lowest BCUT2D eigenvalue weighted by Gasteiger charge is -2.14. The van der Waals surface area contributed by atoms with Crippen LogP contribution in [0.4, 0.5) is 5.69 Å². The fraction of sp³-hybridized carbons (Fsp3) is 0.120. The Kier molecular flexibility index (Phi) is 6.23. The summed E-state index contributed by atoms with van der Waals surface area (Å²) in [5.74, 6) is 1.03. The Bertz CT molecular complexity index is 1680. The van der Waals surface area contributed by atoms with Crippen molar-refractivity contribution in [3.63, 3.8) is 0 Å². The van der Waals surface area contributed by atoms with Crippen LogP contribution in [-0.2, 0) is 6.61 Å². The lowest BCUT2D eigenvalue weighted by atomic mass is 10.2. The molecule has 2 aromatic heterocycles. The molecule has 10 heteroatoms. The third kappa shape index (κ3) is 4.50. The molecule has 5 aromatic rings. The molecule has 0 atom stereocenters. The first-order valence-corrected chi connectivity index (χ1v) is 12.3. The van der Waals surface area contributed by atoms with Gasteiger partial charge in [-0.15, -0.1) is 0 Å². The number of imidazole rings is 1. The minimum absolute atomic E-state index is 0.0246. The Morgan fingerprint density at radius 3 is 2.66 bits per heavy atom. The molecule has 0 unspecified atom stereocenters. The van der Waals surface area contributed by atoms with Gasteiger partial charge >= 0.3 is 0 Å². The van der Waals surface area contributed by atoms with E-state index in [2.05, 4.69) is 20.9 Å². The van der Waals surface area contributed by atoms with Gasteiger partial charge in [0.05, 0.1) is 31.6 Å². The summed E-state index contributed by atoms with van der Waals surface area (Å²) in [4.78, 5) is 28.7. The number of ether oxygens (including phenoxy) is 2. The SMILES string of the molecule is CCOc1cc(/C=c2\sc3nc4ccccc4n3c2=O)cc(Br)c1OCc1ccc([N+](=O)[O-])cc1. The van der Waals surface area contributed by atoms with E-state index in [0.29, 0.717) is 32.1 Å². The number of thiazole rings is 1. The van der Waals surface area contributed by atoms with Crippen molar-refractivity contribution in [2.24, 2.45) is 0 Å². The number of non-ortho nitro benzene ring substituents is 1. The number of benzene rings is 3. The van der Waals surface area contributed by atoms with Gasteiger partial charge in [0.15, 0.2) is 16.5 Å². The summed E-state index contributed by atoms with van der Waals surface area (Å²) in [5.41, 5.74) is 3.04. The molecule has 0 amide bonds. The highest BCUT2D eigenvalue weighted by Gasteiger charge is 2.14. The largest absolute Gasteiger partial charge is 0.490 e. The summed E-state index contributed by atoms with van der Waals surface area (Å²) in [5, 5.41) is 10.9. The van der Waals surface area contributed by atoms with E-state index in [4.69, 9.17) is 9.47 Å². The van der Waals surface area contributed by atoms with Crippen LogP contribution in [0.2, 0.25) is 0 Å². The molecule has 176 valence electrons. The lowest BCUT2D eigenvalue weighted by molar-refractivity contribution is -0.384. The molecule has 0 saturated heterocycles. The smallest absolute Gasteiger partial charge is 0.274 e. The van der Waals surface area contributed by atoms with Gasteiger partial charge in [0.25, 0.3) is 11.2 Å². The van der Waals surface area contributed by atoms with Crippen LogP contribution in [0.3, 0.4) is 0 Å². The summed E-state index contributed by atoms with van der Waals surface area (Å²) >= 11 is 4.89. The third-order valence-electron chi connectivity index (χ3n) is 5.30. The fourth-order valence-electron chi connectivity index (χ4n) is 3.71. The molecule has 0 bridgehead atoms. The minimum Gasteiger partial charge on any atom is -0.490 e. The molecule has 5 rings (SSSR count). The van der Waals surface area contributed by atoms with Crippen molar-refractivity contribution in [3.8, 4) is 11.5 Å². The Labute approximate surface area is 211 Å². The van der Waals surface area contributed by atoms with Crippen molar-refractivity contribution in [1.82, 2.24) is 9.38 Å². The molecule has 0 aliphatic rings. The number of nitro benzene ring substituents is 1. The van der Waals surface area contributed by atoms with Gasteiger partial charge in [-0.25, -0.2) is 9.38 Å². The first-order valence-electron chi connectivity index (χ1n) is 10.7. The predicted molar refractivity (Wildman–Crippen MR) is 138 cm³/mol. The molecular weight excluding hydrogens is 534 g/mol. The Morgan fingerprint density at radius 2 is 1.91 bits per heavy atom. The van der Waals surface area contributed by atoms with Crippen LogP contribution in [0.1, 0.15) is 18.1 Å². The number of hydrogen-bond acceptors (Lipinski definition) is 7. The zero-order chi connectivity index (χ0) is 24.5.